The maximum absolute atomic E-state index is 13.6. The summed E-state index contributed by atoms with van der Waals surface area (Å²) < 4.78 is 36.7. The number of hydrogen-bond acceptors (Lipinski definition) is 6. The van der Waals surface area contributed by atoms with Crippen LogP contribution in [-0.2, 0) is 26.2 Å². The molecule has 0 saturated heterocycles. The van der Waals surface area contributed by atoms with Crippen molar-refractivity contribution in [1.29, 1.82) is 0 Å². The lowest BCUT2D eigenvalue weighted by Gasteiger charge is -2.14. The minimum atomic E-state index is -0.786. The number of benzene rings is 2. The SMILES string of the molecule is CCn1ncc(Cn2cc(C)nc2-c2ccc(F)cc2C(C)=O)c1Br.CCn1ncc(Cn2cc(C)nc2-c2ccc(F)cc2C(C)O)c1Br. The highest BCUT2D eigenvalue weighted by molar-refractivity contribution is 9.10. The van der Waals surface area contributed by atoms with Gasteiger partial charge in [0.15, 0.2) is 5.78 Å². The molecule has 14 heteroatoms. The molecule has 4 aromatic heterocycles. The lowest BCUT2D eigenvalue weighted by molar-refractivity contribution is 0.101. The average Bonchev–Trinajstić information content (AvgIpc) is 3.83. The van der Waals surface area contributed by atoms with Gasteiger partial charge in [-0.3, -0.25) is 14.2 Å². The van der Waals surface area contributed by atoms with Gasteiger partial charge in [-0.15, -0.1) is 0 Å². The number of halogens is 4. The van der Waals surface area contributed by atoms with E-state index in [1.807, 2.05) is 71.0 Å². The summed E-state index contributed by atoms with van der Waals surface area (Å²) in [6, 6.07) is 8.63. The van der Waals surface area contributed by atoms with E-state index in [0.29, 0.717) is 41.4 Å². The van der Waals surface area contributed by atoms with Gasteiger partial charge in [-0.05, 0) is 115 Å². The van der Waals surface area contributed by atoms with Crippen molar-refractivity contribution in [3.05, 3.63) is 116 Å². The predicted molar refractivity (Wildman–Crippen MR) is 195 cm³/mol. The zero-order valence-electron chi connectivity index (χ0n) is 28.6. The molecule has 0 bridgehead atoms. The van der Waals surface area contributed by atoms with Crippen molar-refractivity contribution in [3.63, 3.8) is 0 Å². The molecule has 0 saturated carbocycles. The van der Waals surface area contributed by atoms with E-state index in [1.54, 1.807) is 19.1 Å². The lowest BCUT2D eigenvalue weighted by Crippen LogP contribution is -2.05. The summed E-state index contributed by atoms with van der Waals surface area (Å²) in [7, 11) is 0. The van der Waals surface area contributed by atoms with Crippen LogP contribution in [-0.4, -0.2) is 49.6 Å². The third-order valence-corrected chi connectivity index (χ3v) is 9.91. The van der Waals surface area contributed by atoms with Crippen LogP contribution in [0.25, 0.3) is 22.8 Å². The van der Waals surface area contributed by atoms with Crippen LogP contribution in [0.4, 0.5) is 8.78 Å². The summed E-state index contributed by atoms with van der Waals surface area (Å²) in [5.74, 6) is 0.335. The van der Waals surface area contributed by atoms with E-state index in [1.165, 1.54) is 31.2 Å². The average molecular weight is 813 g/mol. The number of carbonyl (C=O) groups is 1. The van der Waals surface area contributed by atoms with Crippen LogP contribution < -0.4 is 0 Å². The molecule has 0 radical (unpaired) electrons. The fourth-order valence-electron chi connectivity index (χ4n) is 5.69. The lowest BCUT2D eigenvalue weighted by atomic mass is 10.0. The van der Waals surface area contributed by atoms with E-state index in [2.05, 4.69) is 52.0 Å². The van der Waals surface area contributed by atoms with Gasteiger partial charge >= 0.3 is 0 Å². The Morgan fingerprint density at radius 3 is 1.70 bits per heavy atom. The Morgan fingerprint density at radius 1 is 0.800 bits per heavy atom. The maximum Gasteiger partial charge on any atom is 0.160 e. The Morgan fingerprint density at radius 2 is 1.26 bits per heavy atom. The quantitative estimate of drug-likeness (QED) is 0.140. The molecule has 0 amide bonds. The normalized spacial score (nSPS) is 11.8. The standard InChI is InChI=1S/C18H20BrFN4O.C18H18BrFN4O/c2*1-4-24-17(19)13(8-21-24)10-23-9-11(2)22-18(23)15-6-5-14(20)7-16(15)12(3)25/h5-9,12,25H,4,10H2,1-3H3;5-9H,4,10H2,1-3H3. The van der Waals surface area contributed by atoms with Crippen molar-refractivity contribution in [2.24, 2.45) is 0 Å². The van der Waals surface area contributed by atoms with Crippen molar-refractivity contribution in [2.75, 3.05) is 0 Å². The number of hydrogen-bond donors (Lipinski definition) is 1. The molecule has 1 N–H and O–H groups in total. The van der Waals surface area contributed by atoms with Gasteiger partial charge in [-0.1, -0.05) is 0 Å². The van der Waals surface area contributed by atoms with Crippen LogP contribution in [0.1, 0.15) is 72.2 Å². The first-order valence-electron chi connectivity index (χ1n) is 16.1. The van der Waals surface area contributed by atoms with Crippen molar-refractivity contribution in [1.82, 2.24) is 38.7 Å². The summed E-state index contributed by atoms with van der Waals surface area (Å²) in [4.78, 5) is 21.1. The fraction of sp³-hybridized carbons (Fsp3) is 0.306. The molecule has 0 aliphatic carbocycles. The minimum Gasteiger partial charge on any atom is -0.389 e. The van der Waals surface area contributed by atoms with E-state index < -0.39 is 11.9 Å². The number of aliphatic hydroxyl groups excluding tert-OH is 1. The molecule has 50 heavy (non-hydrogen) atoms. The molecule has 0 fully saturated rings. The van der Waals surface area contributed by atoms with Crippen LogP contribution in [0.2, 0.25) is 0 Å². The first kappa shape index (κ1) is 37.0. The zero-order valence-corrected chi connectivity index (χ0v) is 31.8. The molecule has 6 rings (SSSR count). The number of aryl methyl sites for hydroxylation is 4. The summed E-state index contributed by atoms with van der Waals surface area (Å²) in [5, 5.41) is 18.7. The van der Waals surface area contributed by atoms with Crippen LogP contribution in [0.5, 0.6) is 0 Å². The summed E-state index contributed by atoms with van der Waals surface area (Å²) >= 11 is 7.15. The largest absolute Gasteiger partial charge is 0.389 e. The van der Waals surface area contributed by atoms with Gasteiger partial charge in [0.2, 0.25) is 0 Å². The van der Waals surface area contributed by atoms with Gasteiger partial charge in [0.25, 0.3) is 0 Å². The zero-order chi connectivity index (χ0) is 36.3. The molecule has 0 spiro atoms. The number of carbonyl (C=O) groups excluding carboxylic acids is 1. The predicted octanol–water partition coefficient (Wildman–Crippen LogP) is 8.31. The van der Waals surface area contributed by atoms with E-state index >= 15 is 0 Å². The molecule has 10 nitrogen and oxygen atoms in total. The molecule has 0 aliphatic heterocycles. The Labute approximate surface area is 306 Å². The maximum atomic E-state index is 13.6. The molecule has 262 valence electrons. The molecule has 1 unspecified atom stereocenters. The smallest absolute Gasteiger partial charge is 0.160 e. The summed E-state index contributed by atoms with van der Waals surface area (Å²) in [6.45, 7) is 13.6. The van der Waals surface area contributed by atoms with E-state index in [9.17, 15) is 18.7 Å². The number of ketones is 1. The first-order valence-corrected chi connectivity index (χ1v) is 17.7. The minimum absolute atomic E-state index is 0.193. The van der Waals surface area contributed by atoms with Gasteiger partial charge in [0.05, 0.1) is 43.0 Å². The topological polar surface area (TPSA) is 109 Å². The monoisotopic (exact) mass is 810 g/mol. The second kappa shape index (κ2) is 15.7. The number of nitrogens with zero attached hydrogens (tertiary/aromatic N) is 8. The summed E-state index contributed by atoms with van der Waals surface area (Å²) in [5.41, 5.74) is 5.92. The molecule has 4 heterocycles. The van der Waals surface area contributed by atoms with Crippen molar-refractivity contribution >= 4 is 37.6 Å². The Hall–Kier alpha value is -4.27. The van der Waals surface area contributed by atoms with E-state index in [-0.39, 0.29) is 11.6 Å². The highest BCUT2D eigenvalue weighted by Crippen LogP contribution is 2.30. The van der Waals surface area contributed by atoms with Crippen LogP contribution >= 0.6 is 31.9 Å². The second-order valence-corrected chi connectivity index (χ2v) is 13.4. The van der Waals surface area contributed by atoms with Gasteiger partial charge in [-0.25, -0.2) is 18.7 Å². The fourth-order valence-corrected chi connectivity index (χ4v) is 6.83. The van der Waals surface area contributed by atoms with E-state index in [0.717, 1.165) is 50.4 Å². The number of rotatable bonds is 10. The Bertz CT molecular complexity index is 2150. The molecule has 0 aliphatic rings. The van der Waals surface area contributed by atoms with Crippen molar-refractivity contribution in [2.45, 2.75) is 73.8 Å². The molecule has 6 aromatic rings. The van der Waals surface area contributed by atoms with Crippen molar-refractivity contribution < 1.29 is 18.7 Å². The molecular weight excluding hydrogens is 774 g/mol. The molecule has 1 atom stereocenters. The first-order chi connectivity index (χ1) is 23.8. The number of aromatic nitrogens is 8. The third kappa shape index (κ3) is 8.03. The molecule has 2 aromatic carbocycles. The Kier molecular flexibility index (Phi) is 11.6. The van der Waals surface area contributed by atoms with Gasteiger partial charge in [-0.2, -0.15) is 10.2 Å². The summed E-state index contributed by atoms with van der Waals surface area (Å²) in [6.07, 6.45) is 6.71. The van der Waals surface area contributed by atoms with Crippen molar-refractivity contribution in [3.8, 4) is 22.8 Å². The number of Topliss-reactive ketones (excluding diaryl/α,β-unsaturated/α-hetero) is 1. The highest BCUT2D eigenvalue weighted by Gasteiger charge is 2.19. The number of aliphatic hydroxyl groups is 1. The second-order valence-electron chi connectivity index (χ2n) is 11.9. The third-order valence-electron chi connectivity index (χ3n) is 8.07. The van der Waals surface area contributed by atoms with E-state index in [4.69, 9.17) is 0 Å². The molecular formula is C36H38Br2F2N8O2. The van der Waals surface area contributed by atoms with Crippen LogP contribution in [0.15, 0.2) is 70.4 Å². The van der Waals surface area contributed by atoms with Gasteiger partial charge < -0.3 is 14.2 Å². The Balaban J connectivity index is 0.000000194. The highest BCUT2D eigenvalue weighted by atomic mass is 79.9. The van der Waals surface area contributed by atoms with Gasteiger partial charge in [0.1, 0.15) is 32.5 Å². The van der Waals surface area contributed by atoms with Crippen LogP contribution in [0, 0.1) is 25.5 Å². The number of imidazole rings is 2. The van der Waals surface area contributed by atoms with Crippen LogP contribution in [0.3, 0.4) is 0 Å². The van der Waals surface area contributed by atoms with Gasteiger partial charge in [0, 0.05) is 53.3 Å².